The molecule has 0 spiro atoms. The maximum Gasteiger partial charge on any atom is 0.257 e. The average molecular weight is 640 g/mol. The molecule has 4 aromatic carbocycles. The molecule has 2 N–H and O–H groups in total. The van der Waals surface area contributed by atoms with Gasteiger partial charge in [-0.3, -0.25) is 9.78 Å². The summed E-state index contributed by atoms with van der Waals surface area (Å²) in [6.45, 7) is 4.34. The third-order valence-electron chi connectivity index (χ3n) is 8.98. The van der Waals surface area contributed by atoms with E-state index in [0.29, 0.717) is 25.1 Å². The minimum absolute atomic E-state index is 0.172. The topological polar surface area (TPSA) is 80.6 Å². The van der Waals surface area contributed by atoms with Crippen molar-refractivity contribution in [3.05, 3.63) is 132 Å². The summed E-state index contributed by atoms with van der Waals surface area (Å²) in [7, 11) is 0. The van der Waals surface area contributed by atoms with Gasteiger partial charge in [0.2, 0.25) is 0 Å². The van der Waals surface area contributed by atoms with E-state index in [4.69, 9.17) is 9.47 Å². The zero-order chi connectivity index (χ0) is 32.5. The van der Waals surface area contributed by atoms with Crippen molar-refractivity contribution in [2.24, 2.45) is 0 Å². The fourth-order valence-electron chi connectivity index (χ4n) is 6.50. The highest BCUT2D eigenvalue weighted by Crippen LogP contribution is 2.37. The van der Waals surface area contributed by atoms with Crippen molar-refractivity contribution in [2.45, 2.75) is 13.0 Å². The summed E-state index contributed by atoms with van der Waals surface area (Å²) in [6.07, 6.45) is 6.36. The van der Waals surface area contributed by atoms with Crippen molar-refractivity contribution in [1.29, 1.82) is 0 Å². The van der Waals surface area contributed by atoms with Gasteiger partial charge in [0, 0.05) is 55.1 Å². The molecule has 4 heterocycles. The molecular weight excluding hydrogens is 605 g/mol. The van der Waals surface area contributed by atoms with Gasteiger partial charge in [0.15, 0.2) is 0 Å². The molecule has 1 amide bonds. The molecule has 9 heteroatoms. The van der Waals surface area contributed by atoms with E-state index >= 15 is 0 Å². The normalized spacial score (nSPS) is 14.1. The van der Waals surface area contributed by atoms with Crippen LogP contribution in [0.3, 0.4) is 0 Å². The lowest BCUT2D eigenvalue weighted by Gasteiger charge is -2.28. The van der Waals surface area contributed by atoms with Gasteiger partial charge in [0.05, 0.1) is 54.2 Å². The quantitative estimate of drug-likeness (QED) is 0.178. The number of anilines is 4. The number of aromatic nitrogens is 2. The van der Waals surface area contributed by atoms with E-state index in [1.165, 1.54) is 11.8 Å². The predicted molar refractivity (Wildman–Crippen MR) is 187 cm³/mol. The number of fused-ring (bicyclic) bond motifs is 3. The number of halogens is 1. The van der Waals surface area contributed by atoms with Crippen molar-refractivity contribution in [2.75, 3.05) is 48.4 Å². The Morgan fingerprint density at radius 3 is 2.56 bits per heavy atom. The lowest BCUT2D eigenvalue weighted by Crippen LogP contribution is -2.36. The zero-order valence-corrected chi connectivity index (χ0v) is 26.3. The van der Waals surface area contributed by atoms with Gasteiger partial charge in [-0.1, -0.05) is 24.3 Å². The monoisotopic (exact) mass is 639 g/mol. The summed E-state index contributed by atoms with van der Waals surface area (Å²) in [4.78, 5) is 20.0. The first-order valence-corrected chi connectivity index (χ1v) is 16.2. The van der Waals surface area contributed by atoms with Crippen LogP contribution in [0.5, 0.6) is 5.75 Å². The van der Waals surface area contributed by atoms with E-state index in [0.717, 1.165) is 82.3 Å². The number of morpholine rings is 1. The Morgan fingerprint density at radius 1 is 0.833 bits per heavy atom. The third-order valence-corrected chi connectivity index (χ3v) is 8.98. The molecule has 2 aliphatic rings. The molecule has 1 saturated heterocycles. The van der Waals surface area contributed by atoms with Crippen LogP contribution >= 0.6 is 0 Å². The number of benzene rings is 4. The second-order valence-corrected chi connectivity index (χ2v) is 12.1. The lowest BCUT2D eigenvalue weighted by atomic mass is 10.0. The Bertz CT molecular complexity index is 2120. The molecule has 2 aromatic heterocycles. The van der Waals surface area contributed by atoms with E-state index in [2.05, 4.69) is 49.5 Å². The minimum Gasteiger partial charge on any atom is -0.493 e. The first-order chi connectivity index (χ1) is 23.6. The molecule has 0 unspecified atom stereocenters. The Labute approximate surface area is 277 Å². The average Bonchev–Trinajstić information content (AvgIpc) is 3.41. The summed E-state index contributed by atoms with van der Waals surface area (Å²) in [5.74, 6) is 0.397. The second-order valence-electron chi connectivity index (χ2n) is 12.1. The molecule has 48 heavy (non-hydrogen) atoms. The standard InChI is InChI=1S/C39H34FN5O3/c40-29-3-1-2-27(20-29)24-45-25-34(32-12-14-41-23-38(32)45)28-5-10-33-36(22-28)42-35-11-4-26(21-37(35)43-39(33)46)13-17-48-31-8-6-30(7-9-31)44-15-18-47-19-16-44/h1-12,14,20-23,25,42H,13,15-19,24H2,(H,43,46). The summed E-state index contributed by atoms with van der Waals surface area (Å²) >= 11 is 0. The van der Waals surface area contributed by atoms with Gasteiger partial charge in [-0.2, -0.15) is 0 Å². The molecule has 0 radical (unpaired) electrons. The van der Waals surface area contributed by atoms with Crippen LogP contribution in [-0.4, -0.2) is 48.4 Å². The van der Waals surface area contributed by atoms with Gasteiger partial charge in [-0.05, 0) is 83.4 Å². The maximum absolute atomic E-state index is 13.9. The molecule has 240 valence electrons. The number of pyridine rings is 1. The first kappa shape index (κ1) is 29.7. The van der Waals surface area contributed by atoms with Gasteiger partial charge in [0.1, 0.15) is 11.6 Å². The molecule has 0 saturated carbocycles. The molecule has 2 aliphatic heterocycles. The summed E-state index contributed by atoms with van der Waals surface area (Å²) < 4.78 is 27.5. The van der Waals surface area contributed by atoms with Crippen LogP contribution in [0.25, 0.3) is 22.0 Å². The van der Waals surface area contributed by atoms with Crippen molar-refractivity contribution in [3.63, 3.8) is 0 Å². The summed E-state index contributed by atoms with van der Waals surface area (Å²) in [5.41, 5.74) is 8.84. The summed E-state index contributed by atoms with van der Waals surface area (Å²) in [6, 6.07) is 28.7. The number of amides is 1. The number of rotatable bonds is 8. The molecule has 1 fully saturated rings. The van der Waals surface area contributed by atoms with Crippen molar-refractivity contribution in [3.8, 4) is 16.9 Å². The van der Waals surface area contributed by atoms with Gasteiger partial charge in [-0.15, -0.1) is 0 Å². The number of hydrogen-bond acceptors (Lipinski definition) is 6. The van der Waals surface area contributed by atoms with Crippen LogP contribution in [0, 0.1) is 5.82 Å². The molecule has 6 aromatic rings. The van der Waals surface area contributed by atoms with Crippen molar-refractivity contribution in [1.82, 2.24) is 9.55 Å². The Balaban J connectivity index is 0.987. The fraction of sp³-hybridized carbons (Fsp3) is 0.179. The predicted octanol–water partition coefficient (Wildman–Crippen LogP) is 7.66. The SMILES string of the molecule is O=C1Nc2cc(CCOc3ccc(N4CCOCC4)cc3)ccc2Nc2cc(-c3cn(Cc4cccc(F)c4)c4cnccc34)ccc21. The van der Waals surface area contributed by atoms with Crippen LogP contribution in [0.15, 0.2) is 110 Å². The van der Waals surface area contributed by atoms with E-state index in [1.807, 2.05) is 60.8 Å². The molecule has 8 rings (SSSR count). The minimum atomic E-state index is -0.260. The number of carbonyl (C=O) groups is 1. The number of carbonyl (C=O) groups excluding carboxylic acids is 1. The highest BCUT2D eigenvalue weighted by molar-refractivity contribution is 6.13. The van der Waals surface area contributed by atoms with E-state index in [1.54, 1.807) is 18.3 Å². The largest absolute Gasteiger partial charge is 0.493 e. The van der Waals surface area contributed by atoms with Crippen molar-refractivity contribution < 1.29 is 18.7 Å². The first-order valence-electron chi connectivity index (χ1n) is 16.2. The Morgan fingerprint density at radius 2 is 1.71 bits per heavy atom. The van der Waals surface area contributed by atoms with E-state index in [9.17, 15) is 9.18 Å². The van der Waals surface area contributed by atoms with Gasteiger partial charge >= 0.3 is 0 Å². The van der Waals surface area contributed by atoms with Gasteiger partial charge < -0.3 is 29.6 Å². The third kappa shape index (κ3) is 6.08. The summed E-state index contributed by atoms with van der Waals surface area (Å²) in [5, 5.41) is 7.62. The van der Waals surface area contributed by atoms with Gasteiger partial charge in [0.25, 0.3) is 5.91 Å². The molecular formula is C39H34FN5O3. The molecule has 0 atom stereocenters. The smallest absolute Gasteiger partial charge is 0.257 e. The molecule has 0 bridgehead atoms. The zero-order valence-electron chi connectivity index (χ0n) is 26.3. The fourth-order valence-corrected chi connectivity index (χ4v) is 6.50. The van der Waals surface area contributed by atoms with Crippen LogP contribution < -0.4 is 20.3 Å². The number of nitrogens with zero attached hydrogens (tertiary/aromatic N) is 3. The van der Waals surface area contributed by atoms with E-state index < -0.39 is 0 Å². The van der Waals surface area contributed by atoms with E-state index in [-0.39, 0.29) is 11.7 Å². The maximum atomic E-state index is 13.9. The van der Waals surface area contributed by atoms with Gasteiger partial charge in [-0.25, -0.2) is 4.39 Å². The molecule has 8 nitrogen and oxygen atoms in total. The molecule has 0 aliphatic carbocycles. The number of hydrogen-bond donors (Lipinski definition) is 2. The lowest BCUT2D eigenvalue weighted by molar-refractivity contribution is 0.102. The van der Waals surface area contributed by atoms with Crippen LogP contribution in [0.2, 0.25) is 0 Å². The van der Waals surface area contributed by atoms with Crippen molar-refractivity contribution >= 4 is 39.6 Å². The Hall–Kier alpha value is -5.67. The number of nitrogens with one attached hydrogen (secondary N) is 2. The number of ether oxygens (including phenoxy) is 2. The Kier molecular flexibility index (Phi) is 7.95. The highest BCUT2D eigenvalue weighted by atomic mass is 19.1. The van der Waals surface area contributed by atoms with Crippen LogP contribution in [0.1, 0.15) is 21.5 Å². The second kappa shape index (κ2) is 12.8. The van der Waals surface area contributed by atoms with Crippen LogP contribution in [0.4, 0.5) is 27.1 Å². The van der Waals surface area contributed by atoms with Crippen LogP contribution in [-0.2, 0) is 17.7 Å². The highest BCUT2D eigenvalue weighted by Gasteiger charge is 2.21.